The number of amidine groups is 1. The predicted octanol–water partition coefficient (Wildman–Crippen LogP) is 5.21. The Morgan fingerprint density at radius 2 is 2.09 bits per heavy atom. The van der Waals surface area contributed by atoms with Crippen LogP contribution in [0.1, 0.15) is 57.1 Å². The third-order valence-corrected chi connectivity index (χ3v) is 6.71. The summed E-state index contributed by atoms with van der Waals surface area (Å²) >= 11 is 7.80. The molecule has 0 saturated heterocycles. The zero-order valence-electron chi connectivity index (χ0n) is 19.9. The summed E-state index contributed by atoms with van der Waals surface area (Å²) in [7, 11) is 0. The van der Waals surface area contributed by atoms with Gasteiger partial charge in [-0.2, -0.15) is 0 Å². The first-order valence-corrected chi connectivity index (χ1v) is 12.7. The zero-order chi connectivity index (χ0) is 25.3. The molecule has 1 aliphatic carbocycles. The van der Waals surface area contributed by atoms with E-state index in [0.29, 0.717) is 34.1 Å². The van der Waals surface area contributed by atoms with E-state index in [1.807, 2.05) is 26.2 Å². The predicted molar refractivity (Wildman–Crippen MR) is 132 cm³/mol. The van der Waals surface area contributed by atoms with Crippen molar-refractivity contribution in [1.82, 2.24) is 10.3 Å². The number of ether oxygens (including phenoxy) is 2. The topological polar surface area (TPSA) is 89.9 Å². The molecule has 0 spiro atoms. The van der Waals surface area contributed by atoms with Crippen LogP contribution in [0.4, 0.5) is 4.39 Å². The lowest BCUT2D eigenvalue weighted by Gasteiger charge is -2.28. The standard InChI is InChI=1S/C25H27ClFN3O4S/c1-5-33-24(32)19-20(15-7-6-14(27)12-17(15)26)29-22(23-28-8-9-35-23)30-21(19)16-10-13(16)11-18(31)34-25(2,3)4/h6-9,12-13,16,20H,5,10-11H2,1-4H3,(H,29,30). The maximum absolute atomic E-state index is 13.8. The first-order valence-electron chi connectivity index (χ1n) is 11.4. The highest BCUT2D eigenvalue weighted by atomic mass is 35.5. The van der Waals surface area contributed by atoms with E-state index >= 15 is 0 Å². The van der Waals surface area contributed by atoms with Crippen LogP contribution >= 0.6 is 22.9 Å². The lowest BCUT2D eigenvalue weighted by Crippen LogP contribution is -2.35. The van der Waals surface area contributed by atoms with Crippen molar-refractivity contribution in [3.8, 4) is 0 Å². The number of thiazole rings is 1. The molecular formula is C25H27ClFN3O4S. The van der Waals surface area contributed by atoms with Gasteiger partial charge in [-0.15, -0.1) is 11.3 Å². The number of aliphatic imine (C=N–C) groups is 1. The number of halogens is 2. The molecule has 3 atom stereocenters. The van der Waals surface area contributed by atoms with Gasteiger partial charge in [0.05, 0.1) is 12.2 Å². The first-order chi connectivity index (χ1) is 16.6. The van der Waals surface area contributed by atoms with Crippen LogP contribution in [0.3, 0.4) is 0 Å². The molecule has 1 aromatic heterocycles. The molecule has 1 aromatic carbocycles. The summed E-state index contributed by atoms with van der Waals surface area (Å²) in [5, 5.41) is 5.91. The van der Waals surface area contributed by atoms with E-state index in [9.17, 15) is 14.0 Å². The van der Waals surface area contributed by atoms with Crippen molar-refractivity contribution >= 4 is 40.7 Å². The van der Waals surface area contributed by atoms with Gasteiger partial charge in [0, 0.05) is 40.2 Å². The van der Waals surface area contributed by atoms with E-state index in [2.05, 4.69) is 10.3 Å². The summed E-state index contributed by atoms with van der Waals surface area (Å²) < 4.78 is 24.7. The van der Waals surface area contributed by atoms with Gasteiger partial charge in [0.2, 0.25) is 0 Å². The molecule has 0 amide bonds. The van der Waals surface area contributed by atoms with Gasteiger partial charge in [-0.25, -0.2) is 14.2 Å². The number of carbonyl (C=O) groups is 2. The van der Waals surface area contributed by atoms with Gasteiger partial charge in [0.15, 0.2) is 10.8 Å². The number of allylic oxidation sites excluding steroid dienone is 1. The average molecular weight is 520 g/mol. The highest BCUT2D eigenvalue weighted by molar-refractivity contribution is 7.11. The van der Waals surface area contributed by atoms with Crippen LogP contribution in [0, 0.1) is 17.7 Å². The van der Waals surface area contributed by atoms with Gasteiger partial charge in [-0.3, -0.25) is 9.79 Å². The fourth-order valence-electron chi connectivity index (χ4n) is 4.11. The van der Waals surface area contributed by atoms with Crippen LogP contribution in [0.25, 0.3) is 0 Å². The lowest BCUT2D eigenvalue weighted by molar-refractivity contribution is -0.155. The molecule has 35 heavy (non-hydrogen) atoms. The van der Waals surface area contributed by atoms with Gasteiger partial charge in [-0.1, -0.05) is 17.7 Å². The van der Waals surface area contributed by atoms with E-state index in [-0.39, 0.29) is 35.9 Å². The van der Waals surface area contributed by atoms with Crippen molar-refractivity contribution < 1.29 is 23.5 Å². The second-order valence-electron chi connectivity index (χ2n) is 9.45. The van der Waals surface area contributed by atoms with E-state index < -0.39 is 23.4 Å². The summed E-state index contributed by atoms with van der Waals surface area (Å²) in [6.07, 6.45) is 2.59. The average Bonchev–Trinajstić information content (AvgIpc) is 3.28. The number of hydrogen-bond acceptors (Lipinski definition) is 8. The number of aromatic nitrogens is 1. The number of carbonyl (C=O) groups excluding carboxylic acids is 2. The van der Waals surface area contributed by atoms with Crippen molar-refractivity contribution in [3.05, 3.63) is 62.5 Å². The molecule has 4 rings (SSSR count). The second-order valence-corrected chi connectivity index (χ2v) is 10.8. The molecule has 186 valence electrons. The van der Waals surface area contributed by atoms with E-state index in [1.165, 1.54) is 29.5 Å². The van der Waals surface area contributed by atoms with Crippen molar-refractivity contribution in [3.63, 3.8) is 0 Å². The first kappa shape index (κ1) is 25.3. The summed E-state index contributed by atoms with van der Waals surface area (Å²) in [4.78, 5) is 34.7. The van der Waals surface area contributed by atoms with Crippen LogP contribution in [-0.4, -0.2) is 35.0 Å². The van der Waals surface area contributed by atoms with Crippen LogP contribution in [0.5, 0.6) is 0 Å². The Morgan fingerprint density at radius 3 is 2.71 bits per heavy atom. The van der Waals surface area contributed by atoms with Crippen LogP contribution in [0.2, 0.25) is 5.02 Å². The summed E-state index contributed by atoms with van der Waals surface area (Å²) in [5.74, 6) is -0.933. The fraction of sp³-hybridized carbons (Fsp3) is 0.440. The van der Waals surface area contributed by atoms with Crippen molar-refractivity contribution in [2.24, 2.45) is 16.8 Å². The number of benzene rings is 1. The number of rotatable bonds is 7. The van der Waals surface area contributed by atoms with E-state index in [4.69, 9.17) is 26.1 Å². The molecule has 2 aliphatic rings. The molecular weight excluding hydrogens is 493 g/mol. The second kappa shape index (κ2) is 10.1. The maximum atomic E-state index is 13.8. The molecule has 1 aliphatic heterocycles. The smallest absolute Gasteiger partial charge is 0.338 e. The van der Waals surface area contributed by atoms with Gasteiger partial charge in [0.25, 0.3) is 0 Å². The SMILES string of the molecule is CCOC(=O)C1=C(C2CC2CC(=O)OC(C)(C)C)NC(c2nccs2)=NC1c1ccc(F)cc1Cl. The number of esters is 2. The number of hydrogen-bond donors (Lipinski definition) is 1. The number of nitrogens with one attached hydrogen (secondary N) is 1. The Hall–Kier alpha value is -2.78. The number of nitrogens with zero attached hydrogens (tertiary/aromatic N) is 2. The minimum atomic E-state index is -0.819. The summed E-state index contributed by atoms with van der Waals surface area (Å²) in [6.45, 7) is 7.38. The summed E-state index contributed by atoms with van der Waals surface area (Å²) in [6, 6.07) is 3.19. The molecule has 1 saturated carbocycles. The Bertz CT molecular complexity index is 1190. The van der Waals surface area contributed by atoms with Crippen molar-refractivity contribution in [1.29, 1.82) is 0 Å². The van der Waals surface area contributed by atoms with Crippen molar-refractivity contribution in [2.45, 2.75) is 52.2 Å². The minimum Gasteiger partial charge on any atom is -0.463 e. The Balaban J connectivity index is 1.74. The molecule has 0 bridgehead atoms. The molecule has 7 nitrogen and oxygen atoms in total. The van der Waals surface area contributed by atoms with Crippen LogP contribution < -0.4 is 5.32 Å². The van der Waals surface area contributed by atoms with Crippen LogP contribution in [-0.2, 0) is 19.1 Å². The maximum Gasteiger partial charge on any atom is 0.338 e. The Kier molecular flexibility index (Phi) is 7.28. The molecule has 1 fully saturated rings. The summed E-state index contributed by atoms with van der Waals surface area (Å²) in [5.41, 5.74) is 0.836. The van der Waals surface area contributed by atoms with Gasteiger partial charge >= 0.3 is 11.9 Å². The molecule has 3 unspecified atom stereocenters. The van der Waals surface area contributed by atoms with Gasteiger partial charge in [0.1, 0.15) is 17.5 Å². The third-order valence-electron chi connectivity index (χ3n) is 5.60. The Labute approximate surface area is 212 Å². The van der Waals surface area contributed by atoms with Gasteiger partial charge < -0.3 is 14.8 Å². The highest BCUT2D eigenvalue weighted by Crippen LogP contribution is 2.50. The van der Waals surface area contributed by atoms with E-state index in [0.717, 1.165) is 0 Å². The minimum absolute atomic E-state index is 0.00300. The quantitative estimate of drug-likeness (QED) is 0.505. The molecule has 2 heterocycles. The molecule has 1 N–H and O–H groups in total. The fourth-order valence-corrected chi connectivity index (χ4v) is 4.97. The van der Waals surface area contributed by atoms with Crippen molar-refractivity contribution in [2.75, 3.05) is 6.61 Å². The van der Waals surface area contributed by atoms with E-state index in [1.54, 1.807) is 13.1 Å². The highest BCUT2D eigenvalue weighted by Gasteiger charge is 2.47. The largest absolute Gasteiger partial charge is 0.463 e. The monoisotopic (exact) mass is 519 g/mol. The molecule has 0 radical (unpaired) electrons. The molecule has 2 aromatic rings. The zero-order valence-corrected chi connectivity index (χ0v) is 21.5. The van der Waals surface area contributed by atoms with Crippen LogP contribution in [0.15, 0.2) is 46.0 Å². The normalized spacial score (nSPS) is 21.8. The third kappa shape index (κ3) is 5.90. The van der Waals surface area contributed by atoms with Gasteiger partial charge in [-0.05, 0) is 52.2 Å². The lowest BCUT2D eigenvalue weighted by atomic mass is 9.93. The molecule has 10 heteroatoms. The Morgan fingerprint density at radius 1 is 1.31 bits per heavy atom.